The molecule has 7 heteroatoms. The Bertz CT molecular complexity index is 841. The summed E-state index contributed by atoms with van der Waals surface area (Å²) in [7, 11) is 4.65. The zero-order valence-corrected chi connectivity index (χ0v) is 16.4. The summed E-state index contributed by atoms with van der Waals surface area (Å²) in [5, 5.41) is 7.07. The van der Waals surface area contributed by atoms with Crippen LogP contribution in [-0.2, 0) is 9.63 Å². The lowest BCUT2D eigenvalue weighted by Gasteiger charge is -2.16. The van der Waals surface area contributed by atoms with Gasteiger partial charge in [0, 0.05) is 12.0 Å². The van der Waals surface area contributed by atoms with Crippen LogP contribution in [0.2, 0.25) is 0 Å². The minimum Gasteiger partial charge on any atom is -0.493 e. The van der Waals surface area contributed by atoms with E-state index in [1.165, 1.54) is 0 Å². The molecule has 0 spiro atoms. The summed E-state index contributed by atoms with van der Waals surface area (Å²) < 4.78 is 16.1. The lowest BCUT2D eigenvalue weighted by Crippen LogP contribution is -2.36. The van der Waals surface area contributed by atoms with Crippen molar-refractivity contribution in [2.45, 2.75) is 25.5 Å². The predicted octanol–water partition coefficient (Wildman–Crippen LogP) is 3.08. The summed E-state index contributed by atoms with van der Waals surface area (Å²) in [6.07, 6.45) is -0.327. The van der Waals surface area contributed by atoms with E-state index >= 15 is 0 Å². The highest BCUT2D eigenvalue weighted by atomic mass is 16.6. The van der Waals surface area contributed by atoms with Gasteiger partial charge in [-0.15, -0.1) is 0 Å². The molecule has 7 nitrogen and oxygen atoms in total. The fourth-order valence-corrected chi connectivity index (χ4v) is 3.07. The molecule has 2 atom stereocenters. The lowest BCUT2D eigenvalue weighted by molar-refractivity contribution is -0.131. The first kappa shape index (κ1) is 19.5. The molecule has 1 aliphatic heterocycles. The molecule has 1 aliphatic rings. The molecule has 1 amide bonds. The van der Waals surface area contributed by atoms with E-state index in [1.807, 2.05) is 37.3 Å². The number of methoxy groups -OCH3 is 3. The van der Waals surface area contributed by atoms with Crippen LogP contribution in [0.25, 0.3) is 0 Å². The van der Waals surface area contributed by atoms with E-state index in [1.54, 1.807) is 33.5 Å². The summed E-state index contributed by atoms with van der Waals surface area (Å²) in [5.41, 5.74) is 2.42. The maximum absolute atomic E-state index is 12.6. The number of carbonyl (C=O) groups excluding carboxylic acids is 1. The Labute approximate surface area is 164 Å². The van der Waals surface area contributed by atoms with Gasteiger partial charge in [0.15, 0.2) is 11.5 Å². The molecule has 0 aliphatic carbocycles. The number of oxime groups is 1. The van der Waals surface area contributed by atoms with Crippen molar-refractivity contribution in [3.63, 3.8) is 0 Å². The highest BCUT2D eigenvalue weighted by Gasteiger charge is 2.30. The molecule has 28 heavy (non-hydrogen) atoms. The molecule has 2 aromatic carbocycles. The summed E-state index contributed by atoms with van der Waals surface area (Å²) in [5.74, 6) is 1.33. The Balaban J connectivity index is 1.70. The average molecular weight is 384 g/mol. The van der Waals surface area contributed by atoms with Crippen LogP contribution in [0.4, 0.5) is 0 Å². The molecule has 0 unspecified atom stereocenters. The molecule has 1 N–H and O–H groups in total. The van der Waals surface area contributed by atoms with Gasteiger partial charge in [0.1, 0.15) is 0 Å². The number of ether oxygens (including phenoxy) is 3. The lowest BCUT2D eigenvalue weighted by atomic mass is 10.0. The first-order valence-corrected chi connectivity index (χ1v) is 8.95. The minimum atomic E-state index is -0.680. The quantitative estimate of drug-likeness (QED) is 0.794. The Morgan fingerprint density at radius 3 is 2.32 bits per heavy atom. The Kier molecular flexibility index (Phi) is 6.03. The molecule has 3 rings (SSSR count). The maximum atomic E-state index is 12.6. The fraction of sp³-hybridized carbons (Fsp3) is 0.333. The second kappa shape index (κ2) is 8.65. The standard InChI is InChI=1S/C21H24N2O5/c1-13(14-8-6-5-7-9-14)22-21(24)19-12-16(23-28-19)15-10-17(25-2)20(27-4)18(11-15)26-3/h5-11,13,19H,12H2,1-4H3,(H,22,24)/t13-,19-/m0/s1. The van der Waals surface area contributed by atoms with Gasteiger partial charge < -0.3 is 24.4 Å². The van der Waals surface area contributed by atoms with E-state index in [2.05, 4.69) is 10.5 Å². The third kappa shape index (κ3) is 4.03. The van der Waals surface area contributed by atoms with Crippen molar-refractivity contribution in [1.82, 2.24) is 5.32 Å². The Morgan fingerprint density at radius 2 is 1.75 bits per heavy atom. The molecule has 0 aromatic heterocycles. The summed E-state index contributed by atoms with van der Waals surface area (Å²) in [6.45, 7) is 1.93. The van der Waals surface area contributed by atoms with Crippen molar-refractivity contribution in [3.8, 4) is 17.2 Å². The number of benzene rings is 2. The second-order valence-corrected chi connectivity index (χ2v) is 6.39. The first-order chi connectivity index (χ1) is 13.6. The van der Waals surface area contributed by atoms with Gasteiger partial charge in [-0.05, 0) is 24.6 Å². The van der Waals surface area contributed by atoms with Crippen molar-refractivity contribution >= 4 is 11.6 Å². The minimum absolute atomic E-state index is 0.123. The van der Waals surface area contributed by atoms with E-state index in [4.69, 9.17) is 19.0 Å². The van der Waals surface area contributed by atoms with Gasteiger partial charge in [0.05, 0.1) is 33.1 Å². The molecule has 1 heterocycles. The van der Waals surface area contributed by atoms with E-state index in [-0.39, 0.29) is 11.9 Å². The third-order valence-corrected chi connectivity index (χ3v) is 4.62. The Morgan fingerprint density at radius 1 is 1.11 bits per heavy atom. The van der Waals surface area contributed by atoms with Gasteiger partial charge in [-0.2, -0.15) is 0 Å². The topological polar surface area (TPSA) is 78.4 Å². The zero-order chi connectivity index (χ0) is 20.1. The number of nitrogens with zero attached hydrogens (tertiary/aromatic N) is 1. The number of nitrogens with one attached hydrogen (secondary N) is 1. The molecule has 0 bridgehead atoms. The van der Waals surface area contributed by atoms with E-state index in [0.29, 0.717) is 29.4 Å². The maximum Gasteiger partial charge on any atom is 0.264 e. The predicted molar refractivity (Wildman–Crippen MR) is 105 cm³/mol. The molecule has 2 aromatic rings. The van der Waals surface area contributed by atoms with E-state index < -0.39 is 6.10 Å². The van der Waals surface area contributed by atoms with Crippen molar-refractivity contribution in [2.75, 3.05) is 21.3 Å². The van der Waals surface area contributed by atoms with Gasteiger partial charge in [-0.1, -0.05) is 35.5 Å². The highest BCUT2D eigenvalue weighted by Crippen LogP contribution is 2.39. The average Bonchev–Trinajstić information content (AvgIpc) is 3.23. The molecule has 148 valence electrons. The normalized spacial score (nSPS) is 16.6. The number of rotatable bonds is 7. The summed E-state index contributed by atoms with van der Waals surface area (Å²) in [6, 6.07) is 13.2. The molecule has 0 fully saturated rings. The monoisotopic (exact) mass is 384 g/mol. The summed E-state index contributed by atoms with van der Waals surface area (Å²) in [4.78, 5) is 18.0. The van der Waals surface area contributed by atoms with Crippen LogP contribution in [0.1, 0.15) is 30.5 Å². The van der Waals surface area contributed by atoms with Crippen molar-refractivity contribution in [3.05, 3.63) is 53.6 Å². The van der Waals surface area contributed by atoms with Crippen LogP contribution >= 0.6 is 0 Å². The number of amides is 1. The van der Waals surface area contributed by atoms with Crippen LogP contribution < -0.4 is 19.5 Å². The third-order valence-electron chi connectivity index (χ3n) is 4.62. The molecule has 0 saturated carbocycles. The number of carbonyl (C=O) groups is 1. The summed E-state index contributed by atoms with van der Waals surface area (Å²) >= 11 is 0. The molecular formula is C21H24N2O5. The van der Waals surface area contributed by atoms with E-state index in [0.717, 1.165) is 11.1 Å². The highest BCUT2D eigenvalue weighted by molar-refractivity contribution is 6.04. The fourth-order valence-electron chi connectivity index (χ4n) is 3.07. The van der Waals surface area contributed by atoms with Crippen LogP contribution in [0.5, 0.6) is 17.2 Å². The van der Waals surface area contributed by atoms with Gasteiger partial charge in [0.25, 0.3) is 5.91 Å². The second-order valence-electron chi connectivity index (χ2n) is 6.39. The first-order valence-electron chi connectivity index (χ1n) is 8.95. The van der Waals surface area contributed by atoms with Gasteiger partial charge in [-0.25, -0.2) is 0 Å². The molecule has 0 saturated heterocycles. The van der Waals surface area contributed by atoms with Crippen LogP contribution in [0, 0.1) is 0 Å². The van der Waals surface area contributed by atoms with Gasteiger partial charge in [0.2, 0.25) is 11.9 Å². The SMILES string of the molecule is COc1cc(C2=NO[C@H](C(=O)N[C@@H](C)c3ccccc3)C2)cc(OC)c1OC. The zero-order valence-electron chi connectivity index (χ0n) is 16.4. The molecular weight excluding hydrogens is 360 g/mol. The van der Waals surface area contributed by atoms with Crippen LogP contribution in [0.3, 0.4) is 0 Å². The largest absolute Gasteiger partial charge is 0.493 e. The van der Waals surface area contributed by atoms with Gasteiger partial charge >= 0.3 is 0 Å². The number of hydrogen-bond donors (Lipinski definition) is 1. The number of hydrogen-bond acceptors (Lipinski definition) is 6. The van der Waals surface area contributed by atoms with Crippen LogP contribution in [-0.4, -0.2) is 39.1 Å². The van der Waals surface area contributed by atoms with Crippen molar-refractivity contribution < 1.29 is 23.8 Å². The molecule has 0 radical (unpaired) electrons. The van der Waals surface area contributed by atoms with Crippen molar-refractivity contribution in [1.29, 1.82) is 0 Å². The Hall–Kier alpha value is -3.22. The van der Waals surface area contributed by atoms with Gasteiger partial charge in [-0.3, -0.25) is 4.79 Å². The van der Waals surface area contributed by atoms with Crippen molar-refractivity contribution in [2.24, 2.45) is 5.16 Å². The van der Waals surface area contributed by atoms with E-state index in [9.17, 15) is 4.79 Å². The van der Waals surface area contributed by atoms with Crippen LogP contribution in [0.15, 0.2) is 47.6 Å². The smallest absolute Gasteiger partial charge is 0.264 e.